The van der Waals surface area contributed by atoms with Crippen LogP contribution >= 0.6 is 11.6 Å². The molecule has 0 fully saturated rings. The van der Waals surface area contributed by atoms with Gasteiger partial charge in [0.2, 0.25) is 0 Å². The molecule has 5 rings (SSSR count). The van der Waals surface area contributed by atoms with E-state index in [0.29, 0.717) is 21.5 Å². The fraction of sp³-hybridized carbons (Fsp3) is 0.188. The van der Waals surface area contributed by atoms with Gasteiger partial charge in [-0.1, -0.05) is 48.0 Å². The molecule has 0 aliphatic rings. The predicted molar refractivity (Wildman–Crippen MR) is 173 cm³/mol. The number of hydrogen-bond acceptors (Lipinski definition) is 7. The van der Waals surface area contributed by atoms with E-state index in [1.54, 1.807) is 49.4 Å². The molecule has 2 amide bonds. The molecule has 0 saturated heterocycles. The van der Waals surface area contributed by atoms with Crippen LogP contribution in [0.4, 0.5) is 28.0 Å². The Morgan fingerprint density at radius 2 is 1.76 bits per heavy atom. The summed E-state index contributed by atoms with van der Waals surface area (Å²) in [5.41, 5.74) is 8.12. The molecule has 49 heavy (non-hydrogen) atoms. The van der Waals surface area contributed by atoms with E-state index in [4.69, 9.17) is 22.1 Å². The monoisotopic (exact) mass is 697 g/mol. The highest BCUT2D eigenvalue weighted by molar-refractivity contribution is 6.32. The predicted octanol–water partition coefficient (Wildman–Crippen LogP) is 6.88. The number of hydrogen-bond donors (Lipinski definition) is 2. The zero-order valence-electron chi connectivity index (χ0n) is 25.6. The number of nitrogens with zero attached hydrogens (tertiary/aromatic N) is 7. The van der Waals surface area contributed by atoms with E-state index >= 15 is 0 Å². The summed E-state index contributed by atoms with van der Waals surface area (Å²) in [6.45, 7) is -1.43. The molecular weight excluding hydrogens is 670 g/mol. The van der Waals surface area contributed by atoms with Gasteiger partial charge in [-0.3, -0.25) is 20.0 Å². The molecule has 2 heterocycles. The van der Waals surface area contributed by atoms with Crippen molar-refractivity contribution >= 4 is 35.2 Å². The first kappa shape index (κ1) is 34.6. The van der Waals surface area contributed by atoms with Crippen molar-refractivity contribution in [2.24, 2.45) is 10.7 Å². The first-order valence-electron chi connectivity index (χ1n) is 14.6. The lowest BCUT2D eigenvalue weighted by molar-refractivity contribution is 0.0566. The summed E-state index contributed by atoms with van der Waals surface area (Å²) < 4.78 is 60.6. The summed E-state index contributed by atoms with van der Waals surface area (Å²) in [7, 11) is 0. The van der Waals surface area contributed by atoms with Crippen molar-refractivity contribution in [2.45, 2.75) is 25.9 Å². The van der Waals surface area contributed by atoms with Crippen LogP contribution in [-0.2, 0) is 4.74 Å². The second-order valence-electron chi connectivity index (χ2n) is 10.2. The van der Waals surface area contributed by atoms with Gasteiger partial charge in [-0.05, 0) is 54.4 Å². The molecule has 17 heteroatoms. The minimum atomic E-state index is -2.99. The maximum Gasteiger partial charge on any atom is 0.411 e. The summed E-state index contributed by atoms with van der Waals surface area (Å²) in [4.78, 5) is 36.0. The molecule has 0 spiro atoms. The van der Waals surface area contributed by atoms with Gasteiger partial charge in [0, 0.05) is 29.6 Å². The number of alkyl halides is 4. The lowest BCUT2D eigenvalue weighted by Crippen LogP contribution is -2.46. The number of aromatic nitrogens is 5. The normalized spacial score (nSPS) is 12.3. The minimum Gasteiger partial charge on any atom is -0.447 e. The highest BCUT2D eigenvalue weighted by Crippen LogP contribution is 2.32. The third-order valence-corrected chi connectivity index (χ3v) is 7.43. The van der Waals surface area contributed by atoms with Crippen LogP contribution in [0.15, 0.2) is 96.5 Å². The van der Waals surface area contributed by atoms with E-state index in [9.17, 15) is 27.2 Å². The van der Waals surface area contributed by atoms with Gasteiger partial charge in [-0.2, -0.15) is 19.0 Å². The maximum absolute atomic E-state index is 14.2. The van der Waals surface area contributed by atoms with Crippen LogP contribution in [0.3, 0.4) is 0 Å². The number of rotatable bonds is 11. The molecule has 254 valence electrons. The average molecular weight is 698 g/mol. The third kappa shape index (κ3) is 8.03. The average Bonchev–Trinajstić information content (AvgIpc) is 3.79. The number of carbonyl (C=O) groups excluding carboxylic acids is 2. The van der Waals surface area contributed by atoms with Crippen molar-refractivity contribution < 1.29 is 31.9 Å². The summed E-state index contributed by atoms with van der Waals surface area (Å²) in [5.74, 6) is -1.59. The van der Waals surface area contributed by atoms with Gasteiger partial charge in [0.15, 0.2) is 11.8 Å². The SMILES string of the molecule is CCN=C(N)N(C(=O)c1ccc(-c2cnn(C(F)F)c2)cc1)[C@H](COC(=O)Nc1ccccc1)c1ccc(Cl)c(-n2ncnc2C(F)F)c1. The number of aliphatic imine (C=N–C) groups is 1. The maximum atomic E-state index is 14.2. The van der Waals surface area contributed by atoms with Crippen LogP contribution in [0.1, 0.15) is 47.7 Å². The number of carbonyl (C=O) groups is 2. The molecule has 0 aliphatic carbocycles. The molecule has 1 atom stereocenters. The first-order valence-corrected chi connectivity index (χ1v) is 15.0. The number of benzene rings is 3. The molecule has 0 unspecified atom stereocenters. The van der Waals surface area contributed by atoms with Gasteiger partial charge in [0.05, 0.1) is 22.9 Å². The Bertz CT molecular complexity index is 1940. The van der Waals surface area contributed by atoms with Crippen molar-refractivity contribution in [3.63, 3.8) is 0 Å². The van der Waals surface area contributed by atoms with Crippen LogP contribution < -0.4 is 11.1 Å². The Morgan fingerprint density at radius 1 is 1.02 bits per heavy atom. The number of ether oxygens (including phenoxy) is 1. The van der Waals surface area contributed by atoms with E-state index < -0.39 is 43.4 Å². The number of para-hydroxylation sites is 1. The molecule has 0 aliphatic heterocycles. The van der Waals surface area contributed by atoms with Crippen LogP contribution in [0.25, 0.3) is 16.8 Å². The topological polar surface area (TPSA) is 146 Å². The Morgan fingerprint density at radius 3 is 2.41 bits per heavy atom. The molecule has 5 aromatic rings. The molecule has 0 bridgehead atoms. The van der Waals surface area contributed by atoms with Gasteiger partial charge >= 0.3 is 12.6 Å². The second kappa shape index (κ2) is 15.4. The Balaban J connectivity index is 1.54. The van der Waals surface area contributed by atoms with Crippen LogP contribution in [0.5, 0.6) is 0 Å². The van der Waals surface area contributed by atoms with Crippen molar-refractivity contribution in [3.8, 4) is 16.8 Å². The van der Waals surface area contributed by atoms with Crippen molar-refractivity contribution in [2.75, 3.05) is 18.5 Å². The number of anilines is 1. The van der Waals surface area contributed by atoms with Gasteiger partial charge in [0.1, 0.15) is 12.9 Å². The number of halogens is 5. The zero-order valence-corrected chi connectivity index (χ0v) is 26.4. The molecule has 3 N–H and O–H groups in total. The molecule has 3 aromatic carbocycles. The van der Waals surface area contributed by atoms with Gasteiger partial charge in [0.25, 0.3) is 12.3 Å². The number of nitrogens with two attached hydrogens (primary N) is 1. The molecule has 0 saturated carbocycles. The molecule has 0 radical (unpaired) electrons. The largest absolute Gasteiger partial charge is 0.447 e. The quantitative estimate of drug-likeness (QED) is 0.0869. The zero-order chi connectivity index (χ0) is 35.1. The second-order valence-corrected chi connectivity index (χ2v) is 10.6. The summed E-state index contributed by atoms with van der Waals surface area (Å²) in [6.07, 6.45) is -0.458. The van der Waals surface area contributed by atoms with Crippen molar-refractivity contribution in [3.05, 3.63) is 113 Å². The number of guanidine groups is 1. The van der Waals surface area contributed by atoms with Gasteiger partial charge in [-0.15, -0.1) is 0 Å². The van der Waals surface area contributed by atoms with E-state index in [1.165, 1.54) is 42.7 Å². The number of nitrogens with one attached hydrogen (secondary N) is 1. The van der Waals surface area contributed by atoms with Crippen molar-refractivity contribution in [1.29, 1.82) is 0 Å². The highest BCUT2D eigenvalue weighted by atomic mass is 35.5. The van der Waals surface area contributed by atoms with Crippen LogP contribution in [-0.4, -0.2) is 60.6 Å². The van der Waals surface area contributed by atoms with E-state index in [-0.39, 0.29) is 34.3 Å². The minimum absolute atomic E-state index is 0.0119. The summed E-state index contributed by atoms with van der Waals surface area (Å²) >= 11 is 6.42. The highest BCUT2D eigenvalue weighted by Gasteiger charge is 2.32. The molecular formula is C32H28ClF4N9O3. The molecule has 12 nitrogen and oxygen atoms in total. The third-order valence-electron chi connectivity index (χ3n) is 7.11. The first-order chi connectivity index (χ1) is 23.6. The fourth-order valence-electron chi connectivity index (χ4n) is 4.82. The van der Waals surface area contributed by atoms with Crippen LogP contribution in [0.2, 0.25) is 5.02 Å². The number of amides is 2. The van der Waals surface area contributed by atoms with E-state index in [0.717, 1.165) is 15.9 Å². The summed E-state index contributed by atoms with van der Waals surface area (Å²) in [6, 6.07) is 17.6. The fourth-order valence-corrected chi connectivity index (χ4v) is 5.01. The van der Waals surface area contributed by atoms with E-state index in [2.05, 4.69) is 25.5 Å². The van der Waals surface area contributed by atoms with E-state index in [1.807, 2.05) is 0 Å². The Labute approximate surface area is 281 Å². The van der Waals surface area contributed by atoms with Gasteiger partial charge < -0.3 is 10.5 Å². The smallest absolute Gasteiger partial charge is 0.411 e. The lowest BCUT2D eigenvalue weighted by atomic mass is 10.0. The van der Waals surface area contributed by atoms with Gasteiger partial charge in [-0.25, -0.2) is 27.9 Å². The standard InChI is InChI=1S/C32H28ClF4N9O3/c1-2-39-31(38)45(29(47)20-10-8-19(9-11-20)22-15-41-44(16-22)30(36)37)26(17-49-32(48)43-23-6-4-3-5-7-23)21-12-13-24(33)25(14-21)46-28(27(34)35)40-18-42-46/h3-16,18,26-27,30H,2,17H2,1H3,(H2,38,39)(H,43,48)/t26-/m1/s1. The molecule has 2 aromatic heterocycles. The Kier molecular flexibility index (Phi) is 10.9. The Hall–Kier alpha value is -5.77. The summed E-state index contributed by atoms with van der Waals surface area (Å²) in [5, 5.41) is 10.2. The van der Waals surface area contributed by atoms with Crippen molar-refractivity contribution in [1.82, 2.24) is 29.4 Å². The van der Waals surface area contributed by atoms with Crippen LogP contribution in [0, 0.1) is 0 Å². The lowest BCUT2D eigenvalue weighted by Gasteiger charge is -2.31.